The molecule has 0 saturated carbocycles. The van der Waals surface area contributed by atoms with Gasteiger partial charge in [-0.2, -0.15) is 5.10 Å². The van der Waals surface area contributed by atoms with Crippen molar-refractivity contribution in [2.45, 2.75) is 13.0 Å². The molecule has 0 radical (unpaired) electrons. The molecule has 0 saturated heterocycles. The minimum Gasteiger partial charge on any atom is -0.322 e. The predicted molar refractivity (Wildman–Crippen MR) is 52.2 cm³/mol. The fourth-order valence-corrected chi connectivity index (χ4v) is 1.09. The summed E-state index contributed by atoms with van der Waals surface area (Å²) in [6.07, 6.45) is 1.71. The van der Waals surface area contributed by atoms with E-state index in [0.29, 0.717) is 11.6 Å². The average molecular weight is 189 g/mol. The SMILES string of the molecule is C[C@H](N)c1nc(-c2ccccn2)n[nH]1. The average Bonchev–Trinajstić information content (AvgIpc) is 2.68. The first-order chi connectivity index (χ1) is 6.77. The molecule has 0 aliphatic heterocycles. The number of aromatic nitrogens is 4. The van der Waals surface area contributed by atoms with Crippen LogP contribution in [-0.4, -0.2) is 20.2 Å². The van der Waals surface area contributed by atoms with Crippen molar-refractivity contribution in [2.24, 2.45) is 5.73 Å². The van der Waals surface area contributed by atoms with Crippen LogP contribution in [0.5, 0.6) is 0 Å². The number of H-pyrrole nitrogens is 1. The van der Waals surface area contributed by atoms with Crippen molar-refractivity contribution in [2.75, 3.05) is 0 Å². The van der Waals surface area contributed by atoms with Gasteiger partial charge in [-0.25, -0.2) is 4.98 Å². The second-order valence-electron chi connectivity index (χ2n) is 3.05. The molecule has 2 heterocycles. The van der Waals surface area contributed by atoms with E-state index in [2.05, 4.69) is 20.2 Å². The number of aromatic amines is 1. The molecule has 2 aromatic rings. The Labute approximate surface area is 81.4 Å². The molecule has 5 nitrogen and oxygen atoms in total. The van der Waals surface area contributed by atoms with Crippen molar-refractivity contribution in [1.29, 1.82) is 0 Å². The number of pyridine rings is 1. The molecular formula is C9H11N5. The van der Waals surface area contributed by atoms with Gasteiger partial charge in [-0.3, -0.25) is 10.1 Å². The van der Waals surface area contributed by atoms with Gasteiger partial charge in [0.25, 0.3) is 0 Å². The molecule has 2 aromatic heterocycles. The van der Waals surface area contributed by atoms with Crippen LogP contribution in [0.3, 0.4) is 0 Å². The maximum Gasteiger partial charge on any atom is 0.199 e. The molecule has 0 aliphatic rings. The number of hydrogen-bond acceptors (Lipinski definition) is 4. The van der Waals surface area contributed by atoms with Gasteiger partial charge >= 0.3 is 0 Å². The lowest BCUT2D eigenvalue weighted by atomic mass is 10.3. The normalized spacial score (nSPS) is 12.7. The fourth-order valence-electron chi connectivity index (χ4n) is 1.09. The third-order valence-corrected chi connectivity index (χ3v) is 1.83. The van der Waals surface area contributed by atoms with Crippen LogP contribution in [0.1, 0.15) is 18.8 Å². The first-order valence-corrected chi connectivity index (χ1v) is 4.36. The van der Waals surface area contributed by atoms with Crippen molar-refractivity contribution < 1.29 is 0 Å². The summed E-state index contributed by atoms with van der Waals surface area (Å²) in [5.41, 5.74) is 6.40. The van der Waals surface area contributed by atoms with Crippen molar-refractivity contribution in [3.8, 4) is 11.5 Å². The molecule has 3 N–H and O–H groups in total. The highest BCUT2D eigenvalue weighted by Gasteiger charge is 2.08. The van der Waals surface area contributed by atoms with Gasteiger partial charge in [0.2, 0.25) is 0 Å². The molecule has 2 rings (SSSR count). The lowest BCUT2D eigenvalue weighted by Gasteiger charge is -1.95. The molecule has 14 heavy (non-hydrogen) atoms. The van der Waals surface area contributed by atoms with E-state index in [1.807, 2.05) is 25.1 Å². The predicted octanol–water partition coefficient (Wildman–Crippen LogP) is 0.886. The zero-order valence-electron chi connectivity index (χ0n) is 7.81. The number of hydrogen-bond donors (Lipinski definition) is 2. The lowest BCUT2D eigenvalue weighted by molar-refractivity contribution is 0.745. The summed E-state index contributed by atoms with van der Waals surface area (Å²) >= 11 is 0. The second-order valence-corrected chi connectivity index (χ2v) is 3.05. The van der Waals surface area contributed by atoms with Crippen LogP contribution < -0.4 is 5.73 Å². The largest absolute Gasteiger partial charge is 0.322 e. The summed E-state index contributed by atoms with van der Waals surface area (Å²) in [7, 11) is 0. The van der Waals surface area contributed by atoms with E-state index in [9.17, 15) is 0 Å². The summed E-state index contributed by atoms with van der Waals surface area (Å²) in [4.78, 5) is 8.36. The van der Waals surface area contributed by atoms with Gasteiger partial charge in [-0.1, -0.05) is 6.07 Å². The zero-order chi connectivity index (χ0) is 9.97. The minimum atomic E-state index is -0.139. The molecule has 1 atom stereocenters. The van der Waals surface area contributed by atoms with Gasteiger partial charge in [0.15, 0.2) is 5.82 Å². The van der Waals surface area contributed by atoms with Gasteiger partial charge in [0.05, 0.1) is 6.04 Å². The van der Waals surface area contributed by atoms with Gasteiger partial charge in [0.1, 0.15) is 11.5 Å². The van der Waals surface area contributed by atoms with E-state index in [1.54, 1.807) is 6.20 Å². The van der Waals surface area contributed by atoms with Crippen LogP contribution in [0, 0.1) is 0 Å². The van der Waals surface area contributed by atoms with Crippen molar-refractivity contribution in [3.05, 3.63) is 30.2 Å². The Morgan fingerprint density at radius 3 is 2.86 bits per heavy atom. The van der Waals surface area contributed by atoms with Crippen LogP contribution in [0.2, 0.25) is 0 Å². The smallest absolute Gasteiger partial charge is 0.199 e. The number of rotatable bonds is 2. The monoisotopic (exact) mass is 189 g/mol. The van der Waals surface area contributed by atoms with E-state index in [-0.39, 0.29) is 6.04 Å². The number of nitrogens with one attached hydrogen (secondary N) is 1. The summed E-state index contributed by atoms with van der Waals surface area (Å²) < 4.78 is 0. The summed E-state index contributed by atoms with van der Waals surface area (Å²) in [5, 5.41) is 6.81. The molecule has 0 fully saturated rings. The van der Waals surface area contributed by atoms with Crippen molar-refractivity contribution in [1.82, 2.24) is 20.2 Å². The molecule has 72 valence electrons. The van der Waals surface area contributed by atoms with Crippen LogP contribution >= 0.6 is 0 Å². The Morgan fingerprint density at radius 2 is 2.29 bits per heavy atom. The molecule has 0 spiro atoms. The Balaban J connectivity index is 2.34. The van der Waals surface area contributed by atoms with E-state index in [1.165, 1.54) is 0 Å². The summed E-state index contributed by atoms with van der Waals surface area (Å²) in [6, 6.07) is 5.46. The fraction of sp³-hybridized carbons (Fsp3) is 0.222. The van der Waals surface area contributed by atoms with E-state index < -0.39 is 0 Å². The van der Waals surface area contributed by atoms with Gasteiger partial charge in [0, 0.05) is 6.20 Å². The Hall–Kier alpha value is -1.75. The quantitative estimate of drug-likeness (QED) is 0.735. The van der Waals surface area contributed by atoms with Gasteiger partial charge < -0.3 is 5.73 Å². The maximum atomic E-state index is 5.65. The van der Waals surface area contributed by atoms with Gasteiger partial charge in [-0.05, 0) is 19.1 Å². The van der Waals surface area contributed by atoms with Crippen LogP contribution in [0.25, 0.3) is 11.5 Å². The molecule has 0 bridgehead atoms. The first-order valence-electron chi connectivity index (χ1n) is 4.36. The first kappa shape index (κ1) is 8.83. The van der Waals surface area contributed by atoms with Crippen LogP contribution in [-0.2, 0) is 0 Å². The van der Waals surface area contributed by atoms with E-state index in [4.69, 9.17) is 5.73 Å². The standard InChI is InChI=1S/C9H11N5/c1-6(10)8-12-9(14-13-8)7-4-2-3-5-11-7/h2-6H,10H2,1H3,(H,12,13,14)/t6-/m0/s1. The molecule has 5 heteroatoms. The maximum absolute atomic E-state index is 5.65. The van der Waals surface area contributed by atoms with E-state index >= 15 is 0 Å². The topological polar surface area (TPSA) is 80.5 Å². The zero-order valence-corrected chi connectivity index (χ0v) is 7.81. The number of nitrogens with zero attached hydrogens (tertiary/aromatic N) is 3. The number of nitrogens with two attached hydrogens (primary N) is 1. The van der Waals surface area contributed by atoms with Crippen LogP contribution in [0.4, 0.5) is 0 Å². The molecule has 0 aliphatic carbocycles. The molecular weight excluding hydrogens is 178 g/mol. The molecule has 0 amide bonds. The van der Waals surface area contributed by atoms with Crippen LogP contribution in [0.15, 0.2) is 24.4 Å². The molecule has 0 unspecified atom stereocenters. The minimum absolute atomic E-state index is 0.139. The highest BCUT2D eigenvalue weighted by Crippen LogP contribution is 2.12. The Morgan fingerprint density at radius 1 is 1.43 bits per heavy atom. The molecule has 0 aromatic carbocycles. The van der Waals surface area contributed by atoms with Gasteiger partial charge in [-0.15, -0.1) is 0 Å². The van der Waals surface area contributed by atoms with Crippen molar-refractivity contribution >= 4 is 0 Å². The highest BCUT2D eigenvalue weighted by atomic mass is 15.2. The van der Waals surface area contributed by atoms with E-state index in [0.717, 1.165) is 5.69 Å². The summed E-state index contributed by atoms with van der Waals surface area (Å²) in [5.74, 6) is 1.25. The lowest BCUT2D eigenvalue weighted by Crippen LogP contribution is -2.06. The third kappa shape index (κ3) is 1.62. The second kappa shape index (κ2) is 3.55. The summed E-state index contributed by atoms with van der Waals surface area (Å²) in [6.45, 7) is 1.85. The highest BCUT2D eigenvalue weighted by molar-refractivity contribution is 5.47. The van der Waals surface area contributed by atoms with Crippen molar-refractivity contribution in [3.63, 3.8) is 0 Å². The Kier molecular flexibility index (Phi) is 2.24. The Bertz CT molecular complexity index is 406. The third-order valence-electron chi connectivity index (χ3n) is 1.83.